The molecule has 7 heteroatoms. The van der Waals surface area contributed by atoms with E-state index in [4.69, 9.17) is 16.3 Å². The van der Waals surface area contributed by atoms with Gasteiger partial charge < -0.3 is 15.0 Å². The van der Waals surface area contributed by atoms with Crippen molar-refractivity contribution < 1.29 is 14.3 Å². The van der Waals surface area contributed by atoms with E-state index in [1.165, 1.54) is 0 Å². The van der Waals surface area contributed by atoms with Gasteiger partial charge >= 0.3 is 0 Å². The minimum Gasteiger partial charge on any atom is -0.489 e. The van der Waals surface area contributed by atoms with Gasteiger partial charge in [-0.3, -0.25) is 14.5 Å². The van der Waals surface area contributed by atoms with Gasteiger partial charge in [-0.15, -0.1) is 0 Å². The zero-order valence-electron chi connectivity index (χ0n) is 16.9. The molecule has 2 fully saturated rings. The molecule has 1 saturated carbocycles. The third-order valence-corrected chi connectivity index (χ3v) is 5.64. The lowest BCUT2D eigenvalue weighted by Crippen LogP contribution is -2.51. The largest absolute Gasteiger partial charge is 0.489 e. The number of amides is 2. The van der Waals surface area contributed by atoms with E-state index in [0.29, 0.717) is 42.9 Å². The first-order valence-corrected chi connectivity index (χ1v) is 10.7. The maximum Gasteiger partial charge on any atom is 0.253 e. The lowest BCUT2D eigenvalue weighted by molar-refractivity contribution is -0.122. The first kappa shape index (κ1) is 20.7. The Morgan fingerprint density at radius 3 is 2.27 bits per heavy atom. The van der Waals surface area contributed by atoms with Crippen LogP contribution in [0.15, 0.2) is 48.5 Å². The van der Waals surface area contributed by atoms with Crippen LogP contribution in [-0.2, 0) is 11.4 Å². The highest BCUT2D eigenvalue weighted by molar-refractivity contribution is 6.30. The number of hydrogen-bond donors (Lipinski definition) is 1. The summed E-state index contributed by atoms with van der Waals surface area (Å²) in [6.45, 7) is 3.56. The SMILES string of the molecule is O=C(CN1CCN(C(=O)c2ccc(COc3ccc(Cl)cc3)cc2)CC1)NC1CC1. The van der Waals surface area contributed by atoms with E-state index in [0.717, 1.165) is 37.2 Å². The van der Waals surface area contributed by atoms with Gasteiger partial charge in [0.05, 0.1) is 6.54 Å². The predicted octanol–water partition coefficient (Wildman–Crippen LogP) is 2.96. The molecule has 1 heterocycles. The Hall–Kier alpha value is -2.57. The Bertz CT molecular complexity index is 874. The molecule has 30 heavy (non-hydrogen) atoms. The Morgan fingerprint density at radius 2 is 1.63 bits per heavy atom. The summed E-state index contributed by atoms with van der Waals surface area (Å²) in [4.78, 5) is 28.7. The van der Waals surface area contributed by atoms with Crippen molar-refractivity contribution in [3.63, 3.8) is 0 Å². The molecule has 1 aliphatic heterocycles. The van der Waals surface area contributed by atoms with Crippen molar-refractivity contribution in [2.75, 3.05) is 32.7 Å². The molecule has 6 nitrogen and oxygen atoms in total. The molecule has 1 saturated heterocycles. The molecule has 0 bridgehead atoms. The van der Waals surface area contributed by atoms with Crippen molar-refractivity contribution in [2.24, 2.45) is 0 Å². The summed E-state index contributed by atoms with van der Waals surface area (Å²) in [6.07, 6.45) is 2.19. The highest BCUT2D eigenvalue weighted by Crippen LogP contribution is 2.19. The number of piperazine rings is 1. The van der Waals surface area contributed by atoms with E-state index < -0.39 is 0 Å². The van der Waals surface area contributed by atoms with Gasteiger partial charge in [-0.05, 0) is 54.8 Å². The summed E-state index contributed by atoms with van der Waals surface area (Å²) in [6, 6.07) is 15.2. The minimum absolute atomic E-state index is 0.0299. The normalized spacial score (nSPS) is 16.9. The summed E-state index contributed by atoms with van der Waals surface area (Å²) in [5.41, 5.74) is 1.66. The number of hydrogen-bond acceptors (Lipinski definition) is 4. The van der Waals surface area contributed by atoms with Gasteiger partial charge in [-0.1, -0.05) is 23.7 Å². The number of halogens is 1. The number of rotatable bonds is 7. The fourth-order valence-electron chi connectivity index (χ4n) is 3.44. The molecule has 2 aromatic carbocycles. The second kappa shape index (κ2) is 9.49. The van der Waals surface area contributed by atoms with Crippen molar-refractivity contribution in [1.29, 1.82) is 0 Å². The number of carbonyl (C=O) groups excluding carboxylic acids is 2. The second-order valence-electron chi connectivity index (χ2n) is 7.85. The van der Waals surface area contributed by atoms with E-state index in [-0.39, 0.29) is 11.8 Å². The van der Waals surface area contributed by atoms with Gasteiger partial charge in [0.15, 0.2) is 0 Å². The fourth-order valence-corrected chi connectivity index (χ4v) is 3.56. The maximum absolute atomic E-state index is 12.8. The van der Waals surface area contributed by atoms with Crippen LogP contribution < -0.4 is 10.1 Å². The summed E-state index contributed by atoms with van der Waals surface area (Å²) in [5.74, 6) is 0.874. The molecule has 0 spiro atoms. The van der Waals surface area contributed by atoms with Crippen LogP contribution in [0.2, 0.25) is 5.02 Å². The molecular formula is C23H26ClN3O3. The van der Waals surface area contributed by atoms with Crippen LogP contribution in [0.4, 0.5) is 0 Å². The molecule has 2 aromatic rings. The van der Waals surface area contributed by atoms with Gasteiger partial charge in [0, 0.05) is 42.8 Å². The zero-order chi connectivity index (χ0) is 20.9. The molecule has 0 aromatic heterocycles. The molecule has 4 rings (SSSR count). The number of nitrogens with zero attached hydrogens (tertiary/aromatic N) is 2. The van der Waals surface area contributed by atoms with Crippen molar-refractivity contribution >= 4 is 23.4 Å². The summed E-state index contributed by atoms with van der Waals surface area (Å²) >= 11 is 5.88. The lowest BCUT2D eigenvalue weighted by Gasteiger charge is -2.34. The van der Waals surface area contributed by atoms with Gasteiger partial charge in [0.25, 0.3) is 5.91 Å². The van der Waals surface area contributed by atoms with Crippen LogP contribution in [0, 0.1) is 0 Å². The minimum atomic E-state index is 0.0299. The Balaban J connectivity index is 1.23. The van der Waals surface area contributed by atoms with Crippen LogP contribution in [-0.4, -0.2) is 60.4 Å². The van der Waals surface area contributed by atoms with Gasteiger partial charge in [0.2, 0.25) is 5.91 Å². The molecule has 158 valence electrons. The molecule has 1 N–H and O–H groups in total. The standard InChI is InChI=1S/C23H26ClN3O3/c24-19-5-9-21(10-6-19)30-16-17-1-3-18(4-2-17)23(29)27-13-11-26(12-14-27)15-22(28)25-20-7-8-20/h1-6,9-10,20H,7-8,11-16H2,(H,25,28). The number of nitrogens with one attached hydrogen (secondary N) is 1. The third kappa shape index (κ3) is 5.74. The van der Waals surface area contributed by atoms with Gasteiger partial charge in [-0.2, -0.15) is 0 Å². The number of ether oxygens (including phenoxy) is 1. The third-order valence-electron chi connectivity index (χ3n) is 5.39. The highest BCUT2D eigenvalue weighted by atomic mass is 35.5. The Morgan fingerprint density at radius 1 is 0.967 bits per heavy atom. The second-order valence-corrected chi connectivity index (χ2v) is 8.29. The summed E-state index contributed by atoms with van der Waals surface area (Å²) in [5, 5.41) is 3.69. The summed E-state index contributed by atoms with van der Waals surface area (Å²) < 4.78 is 5.74. The highest BCUT2D eigenvalue weighted by Gasteiger charge is 2.26. The first-order chi connectivity index (χ1) is 14.6. The molecule has 0 unspecified atom stereocenters. The zero-order valence-corrected chi connectivity index (χ0v) is 17.6. The quantitative estimate of drug-likeness (QED) is 0.738. The van der Waals surface area contributed by atoms with Crippen molar-refractivity contribution in [1.82, 2.24) is 15.1 Å². The Kier molecular flexibility index (Phi) is 6.55. The number of carbonyl (C=O) groups is 2. The monoisotopic (exact) mass is 427 g/mol. The van der Waals surface area contributed by atoms with Crippen LogP contribution in [0.5, 0.6) is 5.75 Å². The molecule has 0 atom stereocenters. The van der Waals surface area contributed by atoms with Crippen molar-refractivity contribution in [3.05, 3.63) is 64.7 Å². The average molecular weight is 428 g/mol. The molecular weight excluding hydrogens is 402 g/mol. The molecule has 0 radical (unpaired) electrons. The van der Waals surface area contributed by atoms with E-state index in [1.807, 2.05) is 41.3 Å². The Labute approximate surface area is 181 Å². The van der Waals surface area contributed by atoms with Crippen LogP contribution >= 0.6 is 11.6 Å². The average Bonchev–Trinajstić information content (AvgIpc) is 3.57. The summed E-state index contributed by atoms with van der Waals surface area (Å²) in [7, 11) is 0. The smallest absolute Gasteiger partial charge is 0.253 e. The topological polar surface area (TPSA) is 61.9 Å². The fraction of sp³-hybridized carbons (Fsp3) is 0.391. The number of benzene rings is 2. The van der Waals surface area contributed by atoms with E-state index in [2.05, 4.69) is 10.2 Å². The van der Waals surface area contributed by atoms with Crippen LogP contribution in [0.1, 0.15) is 28.8 Å². The van der Waals surface area contributed by atoms with Gasteiger partial charge in [0.1, 0.15) is 12.4 Å². The molecule has 1 aliphatic carbocycles. The maximum atomic E-state index is 12.8. The lowest BCUT2D eigenvalue weighted by atomic mass is 10.1. The predicted molar refractivity (Wildman–Crippen MR) is 116 cm³/mol. The van der Waals surface area contributed by atoms with Gasteiger partial charge in [-0.25, -0.2) is 0 Å². The van der Waals surface area contributed by atoms with E-state index >= 15 is 0 Å². The van der Waals surface area contributed by atoms with Crippen molar-refractivity contribution in [2.45, 2.75) is 25.5 Å². The first-order valence-electron chi connectivity index (χ1n) is 10.3. The molecule has 2 amide bonds. The van der Waals surface area contributed by atoms with Crippen LogP contribution in [0.25, 0.3) is 0 Å². The van der Waals surface area contributed by atoms with E-state index in [1.54, 1.807) is 12.1 Å². The van der Waals surface area contributed by atoms with E-state index in [9.17, 15) is 9.59 Å². The van der Waals surface area contributed by atoms with Crippen LogP contribution in [0.3, 0.4) is 0 Å². The van der Waals surface area contributed by atoms with Crippen molar-refractivity contribution in [3.8, 4) is 5.75 Å². The molecule has 2 aliphatic rings.